The fourth-order valence-corrected chi connectivity index (χ4v) is 7.00. The van der Waals surface area contributed by atoms with Crippen molar-refractivity contribution in [1.82, 2.24) is 26.2 Å². The fraction of sp³-hybridized carbons (Fsp3) is 0.348. The summed E-state index contributed by atoms with van der Waals surface area (Å²) in [5.41, 5.74) is 10.2. The van der Waals surface area contributed by atoms with E-state index >= 15 is 0 Å². The Hall–Kier alpha value is -4.37. The first-order valence-electron chi connectivity index (χ1n) is 19.0. The summed E-state index contributed by atoms with van der Waals surface area (Å²) < 4.78 is 0. The Kier molecular flexibility index (Phi) is 16.4. The summed E-state index contributed by atoms with van der Waals surface area (Å²) in [6.45, 7) is 25.8. The number of aliphatic imine (C=N–C) groups is 2. The summed E-state index contributed by atoms with van der Waals surface area (Å²) >= 11 is 7.21. The van der Waals surface area contributed by atoms with E-state index in [1.54, 1.807) is 0 Å². The first kappa shape index (κ1) is 42.4. The maximum absolute atomic E-state index is 7.21. The minimum Gasteiger partial charge on any atom is -0.316 e. The van der Waals surface area contributed by atoms with Crippen molar-refractivity contribution in [2.75, 3.05) is 40.3 Å². The lowest BCUT2D eigenvalue weighted by Crippen LogP contribution is -2.48. The zero-order chi connectivity index (χ0) is 39.1. The van der Waals surface area contributed by atoms with Crippen LogP contribution in [0.2, 0.25) is 5.02 Å². The van der Waals surface area contributed by atoms with Gasteiger partial charge >= 0.3 is 0 Å². The number of nitrogens with zero attached hydrogens (tertiary/aromatic N) is 3. The molecule has 2 aromatic rings. The van der Waals surface area contributed by atoms with Gasteiger partial charge in [-0.3, -0.25) is 4.99 Å². The number of rotatable bonds is 22. The minimum absolute atomic E-state index is 0.0167. The van der Waals surface area contributed by atoms with Gasteiger partial charge in [-0.05, 0) is 107 Å². The molecule has 2 heterocycles. The zero-order valence-corrected chi connectivity index (χ0v) is 33.8. The quantitative estimate of drug-likeness (QED) is 0.0549. The third-order valence-electron chi connectivity index (χ3n) is 10.5. The molecular weight excluding hydrogens is 686 g/mol. The van der Waals surface area contributed by atoms with E-state index in [0.717, 1.165) is 108 Å². The highest BCUT2D eigenvalue weighted by molar-refractivity contribution is 6.35. The number of hydrogen-bond acceptors (Lipinski definition) is 7. The van der Waals surface area contributed by atoms with Crippen molar-refractivity contribution in [3.63, 3.8) is 0 Å². The van der Waals surface area contributed by atoms with Gasteiger partial charge in [0.1, 0.15) is 5.84 Å². The molecule has 0 amide bonds. The van der Waals surface area contributed by atoms with Gasteiger partial charge < -0.3 is 26.2 Å². The summed E-state index contributed by atoms with van der Waals surface area (Å²) in [7, 11) is 4.02. The summed E-state index contributed by atoms with van der Waals surface area (Å²) in [5, 5.41) is 14.7. The molecule has 2 atom stereocenters. The average molecular weight is 746 g/mol. The van der Waals surface area contributed by atoms with Gasteiger partial charge in [-0.25, -0.2) is 4.99 Å². The molecule has 4 N–H and O–H groups in total. The normalized spacial score (nSPS) is 16.2. The molecule has 0 saturated carbocycles. The molecule has 2 aromatic carbocycles. The molecule has 0 radical (unpaired) electrons. The molecule has 0 fully saturated rings. The Morgan fingerprint density at radius 3 is 2.48 bits per heavy atom. The highest BCUT2D eigenvalue weighted by Crippen LogP contribution is 2.39. The molecular formula is C46H60ClN7. The maximum atomic E-state index is 7.21. The van der Waals surface area contributed by atoms with E-state index in [1.165, 1.54) is 5.57 Å². The Bertz CT molecular complexity index is 1860. The Morgan fingerprint density at radius 2 is 1.78 bits per heavy atom. The summed E-state index contributed by atoms with van der Waals surface area (Å²) in [4.78, 5) is 11.3. The van der Waals surface area contributed by atoms with Crippen LogP contribution in [-0.4, -0.2) is 69.3 Å². The fourth-order valence-electron chi connectivity index (χ4n) is 6.68. The van der Waals surface area contributed by atoms with E-state index in [9.17, 15) is 0 Å². The molecule has 2 aliphatic heterocycles. The van der Waals surface area contributed by atoms with E-state index in [1.807, 2.05) is 50.7 Å². The van der Waals surface area contributed by atoms with Gasteiger partial charge in [-0.2, -0.15) is 0 Å². The van der Waals surface area contributed by atoms with E-state index in [2.05, 4.69) is 127 Å². The Labute approximate surface area is 329 Å². The maximum Gasteiger partial charge on any atom is 0.137 e. The molecule has 0 bridgehead atoms. The van der Waals surface area contributed by atoms with Crippen LogP contribution in [-0.2, 0) is 0 Å². The van der Waals surface area contributed by atoms with Gasteiger partial charge in [0.15, 0.2) is 0 Å². The van der Waals surface area contributed by atoms with Gasteiger partial charge in [0, 0.05) is 72.6 Å². The molecule has 8 heteroatoms. The number of allylic oxidation sites excluding steroid dienone is 6. The SMILES string of the molecule is C=CCCC(CNC/C(=C/C=C(\N=C)c1cccc(-c2cccc(C3=CC4=NC=C(CNCC(C)(CCC=C)NC)C(=C)N4C=C3)c2C)c1Cl)CC)NC. The van der Waals surface area contributed by atoms with E-state index in [-0.39, 0.29) is 5.54 Å². The molecule has 0 aromatic heterocycles. The molecule has 0 aliphatic carbocycles. The number of benzene rings is 2. The monoisotopic (exact) mass is 745 g/mol. The van der Waals surface area contributed by atoms with Gasteiger partial charge in [0.2, 0.25) is 0 Å². The smallest absolute Gasteiger partial charge is 0.137 e. The van der Waals surface area contributed by atoms with Crippen LogP contribution in [0.1, 0.15) is 62.6 Å². The van der Waals surface area contributed by atoms with E-state index in [4.69, 9.17) is 16.6 Å². The number of likely N-dealkylation sites (N-methyl/N-ethyl adjacent to an activating group) is 2. The lowest BCUT2D eigenvalue weighted by atomic mass is 9.90. The number of nitrogens with one attached hydrogen (secondary N) is 4. The molecule has 286 valence electrons. The van der Waals surface area contributed by atoms with Crippen molar-refractivity contribution >= 4 is 35.4 Å². The zero-order valence-electron chi connectivity index (χ0n) is 33.1. The Balaban J connectivity index is 1.53. The van der Waals surface area contributed by atoms with Gasteiger partial charge in [-0.15, -0.1) is 13.2 Å². The van der Waals surface area contributed by atoms with Crippen molar-refractivity contribution in [2.45, 2.75) is 64.5 Å². The molecule has 4 rings (SSSR count). The van der Waals surface area contributed by atoms with Crippen LogP contribution in [0, 0.1) is 6.92 Å². The highest BCUT2D eigenvalue weighted by atomic mass is 35.5. The van der Waals surface area contributed by atoms with Gasteiger partial charge in [-0.1, -0.05) is 85.3 Å². The molecule has 0 saturated heterocycles. The first-order chi connectivity index (χ1) is 26.1. The van der Waals surface area contributed by atoms with Crippen molar-refractivity contribution in [3.8, 4) is 11.1 Å². The number of fused-ring (bicyclic) bond motifs is 1. The number of amidine groups is 1. The summed E-state index contributed by atoms with van der Waals surface area (Å²) in [6, 6.07) is 12.9. The standard InChI is InChI=1S/C46H60ClN7/c1-10-13-17-38(48-7)31-51-28-35(12-3)22-23-43(49-8)42-21-16-20-41(45(42)47)40-19-15-18-39(33(40)4)36-24-26-54-34(5)37(30-53-44(54)27-36)29-52-32-46(6,50-9)25-14-11-2/h10-11,15-16,18-24,26-27,30,38,48,50-52H,1-2,5,8,12-14,17,25,28-29,31-32H2,3-4,6-7,9H3/b35-22+,43-23-. The second-order valence-corrected chi connectivity index (χ2v) is 14.5. The molecule has 2 aliphatic rings. The topological polar surface area (TPSA) is 76.1 Å². The van der Waals surface area contributed by atoms with Crippen LogP contribution < -0.4 is 21.3 Å². The summed E-state index contributed by atoms with van der Waals surface area (Å²) in [5.74, 6) is 0.841. The molecule has 2 unspecified atom stereocenters. The minimum atomic E-state index is -0.0167. The molecule has 7 nitrogen and oxygen atoms in total. The molecule has 0 spiro atoms. The second kappa shape index (κ2) is 20.9. The lowest BCUT2D eigenvalue weighted by Gasteiger charge is -2.32. The largest absolute Gasteiger partial charge is 0.316 e. The average Bonchev–Trinajstić information content (AvgIpc) is 3.19. The molecule has 54 heavy (non-hydrogen) atoms. The second-order valence-electron chi connectivity index (χ2n) is 14.1. The van der Waals surface area contributed by atoms with Crippen LogP contribution in [0.25, 0.3) is 22.4 Å². The summed E-state index contributed by atoms with van der Waals surface area (Å²) in [6.07, 6.45) is 21.3. The van der Waals surface area contributed by atoms with Gasteiger partial charge in [0.05, 0.1) is 10.7 Å². The van der Waals surface area contributed by atoms with Crippen LogP contribution >= 0.6 is 11.6 Å². The highest BCUT2D eigenvalue weighted by Gasteiger charge is 2.25. The van der Waals surface area contributed by atoms with Crippen LogP contribution in [0.3, 0.4) is 0 Å². The lowest BCUT2D eigenvalue weighted by molar-refractivity contribution is 0.343. The van der Waals surface area contributed by atoms with Crippen LogP contribution in [0.4, 0.5) is 0 Å². The van der Waals surface area contributed by atoms with Gasteiger partial charge in [0.25, 0.3) is 0 Å². The van der Waals surface area contributed by atoms with Crippen molar-refractivity contribution in [2.24, 2.45) is 9.98 Å². The third-order valence-corrected chi connectivity index (χ3v) is 10.9. The first-order valence-corrected chi connectivity index (χ1v) is 19.4. The van der Waals surface area contributed by atoms with E-state index in [0.29, 0.717) is 17.6 Å². The van der Waals surface area contributed by atoms with Crippen molar-refractivity contribution < 1.29 is 0 Å². The predicted molar refractivity (Wildman–Crippen MR) is 236 cm³/mol. The van der Waals surface area contributed by atoms with Crippen molar-refractivity contribution in [3.05, 3.63) is 144 Å². The van der Waals surface area contributed by atoms with E-state index < -0.39 is 0 Å². The third kappa shape index (κ3) is 10.9. The number of hydrogen-bond donors (Lipinski definition) is 4. The predicted octanol–water partition coefficient (Wildman–Crippen LogP) is 9.39. The van der Waals surface area contributed by atoms with Crippen LogP contribution in [0.15, 0.2) is 132 Å². The van der Waals surface area contributed by atoms with Crippen LogP contribution in [0.5, 0.6) is 0 Å². The van der Waals surface area contributed by atoms with Crippen molar-refractivity contribution in [1.29, 1.82) is 0 Å². The number of halogens is 1. The Morgan fingerprint density at radius 1 is 1.04 bits per heavy atom.